The molecule has 140 valence electrons. The zero-order valence-corrected chi connectivity index (χ0v) is 17.1. The Morgan fingerprint density at radius 1 is 1.46 bits per heavy atom. The van der Waals surface area contributed by atoms with Gasteiger partial charge in [0, 0.05) is 23.9 Å². The number of nitrogens with zero attached hydrogens (tertiary/aromatic N) is 1. The molecule has 2 aliphatic heterocycles. The molecule has 3 rings (SSSR count). The Morgan fingerprint density at radius 3 is 2.92 bits per heavy atom. The van der Waals surface area contributed by atoms with Crippen LogP contribution < -0.4 is 5.32 Å². The number of nitrogens with one attached hydrogen (secondary N) is 1. The Balaban J connectivity index is 1.46. The zero-order chi connectivity index (χ0) is 18.7. The summed E-state index contributed by atoms with van der Waals surface area (Å²) in [6.45, 7) is 0.378. The Bertz CT molecular complexity index is 846. The van der Waals surface area contributed by atoms with Gasteiger partial charge in [-0.2, -0.15) is 0 Å². The fraction of sp³-hybridized carbons (Fsp3) is 0.438. The first-order chi connectivity index (χ1) is 12.3. The van der Waals surface area contributed by atoms with Gasteiger partial charge in [-0.1, -0.05) is 30.0 Å². The van der Waals surface area contributed by atoms with Crippen LogP contribution in [0, 0.1) is 0 Å². The van der Waals surface area contributed by atoms with Crippen LogP contribution in [0.2, 0.25) is 0 Å². The minimum absolute atomic E-state index is 0.0148. The molecule has 1 atom stereocenters. The number of hydrogen-bond acceptors (Lipinski definition) is 7. The standard InChI is InChI=1S/C16H18N2O4S4/c19-14(17-11-5-8-26(21,22)10-11)4-1-6-18-15(20)13(25-16(18)23)9-12-3-2-7-24-12/h2-3,7,9,11H,1,4-6,8,10H2,(H,17,19)/b13-9-. The minimum atomic E-state index is -3.01. The lowest BCUT2D eigenvalue weighted by molar-refractivity contribution is -0.124. The molecule has 1 unspecified atom stereocenters. The number of carbonyl (C=O) groups excluding carboxylic acids is 2. The number of thioether (sulfide) groups is 1. The molecule has 10 heteroatoms. The molecule has 0 radical (unpaired) electrons. The molecule has 1 aromatic rings. The second kappa shape index (κ2) is 8.20. The van der Waals surface area contributed by atoms with E-state index in [0.717, 1.165) is 4.88 Å². The van der Waals surface area contributed by atoms with Gasteiger partial charge in [0.15, 0.2) is 9.84 Å². The summed E-state index contributed by atoms with van der Waals surface area (Å²) >= 11 is 8.10. The van der Waals surface area contributed by atoms with Crippen molar-refractivity contribution in [2.75, 3.05) is 18.1 Å². The van der Waals surface area contributed by atoms with E-state index in [-0.39, 0.29) is 35.8 Å². The Hall–Kier alpha value is -1.23. The second-order valence-corrected chi connectivity index (χ2v) is 11.0. The van der Waals surface area contributed by atoms with Gasteiger partial charge in [0.2, 0.25) is 5.91 Å². The van der Waals surface area contributed by atoms with Gasteiger partial charge in [-0.25, -0.2) is 8.42 Å². The van der Waals surface area contributed by atoms with Crippen molar-refractivity contribution in [1.29, 1.82) is 0 Å². The lowest BCUT2D eigenvalue weighted by Gasteiger charge is -2.15. The normalized spacial score (nSPS) is 23.8. The molecule has 26 heavy (non-hydrogen) atoms. The van der Waals surface area contributed by atoms with E-state index in [4.69, 9.17) is 12.2 Å². The van der Waals surface area contributed by atoms with Crippen molar-refractivity contribution >= 4 is 67.4 Å². The molecule has 1 N–H and O–H groups in total. The first-order valence-electron chi connectivity index (χ1n) is 8.13. The van der Waals surface area contributed by atoms with E-state index < -0.39 is 9.84 Å². The molecule has 6 nitrogen and oxygen atoms in total. The summed E-state index contributed by atoms with van der Waals surface area (Å²) in [5.41, 5.74) is 0. The predicted octanol–water partition coefficient (Wildman–Crippen LogP) is 2.03. The van der Waals surface area contributed by atoms with Crippen LogP contribution in [0.4, 0.5) is 0 Å². The van der Waals surface area contributed by atoms with Crippen molar-refractivity contribution in [3.8, 4) is 0 Å². The maximum atomic E-state index is 12.5. The third-order valence-electron chi connectivity index (χ3n) is 4.07. The van der Waals surface area contributed by atoms with Crippen LogP contribution in [0.15, 0.2) is 22.4 Å². The molecule has 2 aliphatic rings. The molecular weight excluding hydrogens is 412 g/mol. The van der Waals surface area contributed by atoms with E-state index in [2.05, 4.69) is 5.32 Å². The van der Waals surface area contributed by atoms with E-state index >= 15 is 0 Å². The Morgan fingerprint density at radius 2 is 2.27 bits per heavy atom. The van der Waals surface area contributed by atoms with Crippen molar-refractivity contribution in [3.63, 3.8) is 0 Å². The van der Waals surface area contributed by atoms with Gasteiger partial charge < -0.3 is 5.32 Å². The molecule has 0 bridgehead atoms. The summed E-state index contributed by atoms with van der Waals surface area (Å²) in [5.74, 6) is -0.172. The molecule has 1 aromatic heterocycles. The number of carbonyl (C=O) groups is 2. The van der Waals surface area contributed by atoms with Gasteiger partial charge in [-0.05, 0) is 30.4 Å². The van der Waals surface area contributed by atoms with Crippen molar-refractivity contribution in [1.82, 2.24) is 10.2 Å². The molecule has 0 spiro atoms. The van der Waals surface area contributed by atoms with Crippen LogP contribution in [0.25, 0.3) is 6.08 Å². The average molecular weight is 431 g/mol. The highest BCUT2D eigenvalue weighted by Crippen LogP contribution is 2.33. The SMILES string of the molecule is O=C(CCCN1C(=O)/C(=C/c2cccs2)SC1=S)NC1CCS(=O)(=O)C1. The van der Waals surface area contributed by atoms with Gasteiger partial charge in [-0.3, -0.25) is 14.5 Å². The summed E-state index contributed by atoms with van der Waals surface area (Å²) in [6, 6.07) is 3.56. The van der Waals surface area contributed by atoms with Gasteiger partial charge in [0.05, 0.1) is 16.4 Å². The maximum Gasteiger partial charge on any atom is 0.266 e. The topological polar surface area (TPSA) is 83.6 Å². The van der Waals surface area contributed by atoms with Crippen LogP contribution >= 0.6 is 35.3 Å². The monoisotopic (exact) mass is 430 g/mol. The predicted molar refractivity (Wildman–Crippen MR) is 109 cm³/mol. The molecular formula is C16H18N2O4S4. The van der Waals surface area contributed by atoms with Crippen molar-refractivity contribution < 1.29 is 18.0 Å². The molecule has 0 aromatic carbocycles. The van der Waals surface area contributed by atoms with Crippen LogP contribution in [0.5, 0.6) is 0 Å². The van der Waals surface area contributed by atoms with Crippen molar-refractivity contribution in [2.45, 2.75) is 25.3 Å². The highest BCUT2D eigenvalue weighted by molar-refractivity contribution is 8.26. The number of rotatable bonds is 6. The van der Waals surface area contributed by atoms with Crippen LogP contribution in [0.3, 0.4) is 0 Å². The Kier molecular flexibility index (Phi) is 6.16. The van der Waals surface area contributed by atoms with E-state index in [1.165, 1.54) is 16.7 Å². The second-order valence-electron chi connectivity index (χ2n) is 6.12. The zero-order valence-electron chi connectivity index (χ0n) is 13.8. The summed E-state index contributed by atoms with van der Waals surface area (Å²) in [4.78, 5) is 27.5. The smallest absolute Gasteiger partial charge is 0.266 e. The maximum absolute atomic E-state index is 12.5. The highest BCUT2D eigenvalue weighted by Gasteiger charge is 2.32. The van der Waals surface area contributed by atoms with E-state index in [1.807, 2.05) is 23.6 Å². The third kappa shape index (κ3) is 4.93. The lowest BCUT2D eigenvalue weighted by Crippen LogP contribution is -2.36. The van der Waals surface area contributed by atoms with E-state index in [1.54, 1.807) is 11.3 Å². The van der Waals surface area contributed by atoms with E-state index in [0.29, 0.717) is 28.6 Å². The van der Waals surface area contributed by atoms with Crippen molar-refractivity contribution in [3.05, 3.63) is 27.3 Å². The van der Waals surface area contributed by atoms with Crippen molar-refractivity contribution in [2.24, 2.45) is 0 Å². The summed E-state index contributed by atoms with van der Waals surface area (Å²) < 4.78 is 23.3. The molecule has 2 saturated heterocycles. The number of thiophene rings is 1. The van der Waals surface area contributed by atoms with Gasteiger partial charge in [-0.15, -0.1) is 11.3 Å². The average Bonchev–Trinajstić information content (AvgIpc) is 3.25. The van der Waals surface area contributed by atoms with Crippen LogP contribution in [-0.4, -0.2) is 53.5 Å². The summed E-state index contributed by atoms with van der Waals surface area (Å²) in [7, 11) is -3.01. The third-order valence-corrected chi connectivity index (χ3v) is 8.04. The van der Waals surface area contributed by atoms with Gasteiger partial charge >= 0.3 is 0 Å². The Labute approximate surface area is 165 Å². The van der Waals surface area contributed by atoms with Gasteiger partial charge in [0.1, 0.15) is 4.32 Å². The molecule has 2 fully saturated rings. The molecule has 0 aliphatic carbocycles. The summed E-state index contributed by atoms with van der Waals surface area (Å²) in [5, 5.41) is 4.70. The first-order valence-corrected chi connectivity index (χ1v) is 12.1. The molecule has 0 saturated carbocycles. The lowest BCUT2D eigenvalue weighted by atomic mass is 10.2. The highest BCUT2D eigenvalue weighted by atomic mass is 32.2. The number of hydrogen-bond donors (Lipinski definition) is 1. The minimum Gasteiger partial charge on any atom is -0.352 e. The first kappa shape index (κ1) is 19.5. The van der Waals surface area contributed by atoms with Crippen LogP contribution in [0.1, 0.15) is 24.1 Å². The largest absolute Gasteiger partial charge is 0.352 e. The number of thiocarbonyl (C=S) groups is 1. The quantitative estimate of drug-likeness (QED) is 0.549. The number of sulfone groups is 1. The number of amides is 2. The fourth-order valence-corrected chi connectivity index (χ4v) is 6.51. The fourth-order valence-electron chi connectivity index (χ4n) is 2.80. The molecule has 2 amide bonds. The van der Waals surface area contributed by atoms with E-state index in [9.17, 15) is 18.0 Å². The van der Waals surface area contributed by atoms with Crippen LogP contribution in [-0.2, 0) is 19.4 Å². The summed E-state index contributed by atoms with van der Waals surface area (Å²) in [6.07, 6.45) is 3.01. The molecule has 3 heterocycles. The van der Waals surface area contributed by atoms with Gasteiger partial charge in [0.25, 0.3) is 5.91 Å².